The predicted molar refractivity (Wildman–Crippen MR) is 42.9 cm³/mol. The molecule has 1 aromatic carbocycles. The summed E-state index contributed by atoms with van der Waals surface area (Å²) in [4.78, 5) is 0. The van der Waals surface area contributed by atoms with Crippen molar-refractivity contribution in [1.29, 1.82) is 0 Å². The largest absolute Gasteiger partial charge is 1.00 e. The summed E-state index contributed by atoms with van der Waals surface area (Å²) in [6.07, 6.45) is 0. The molecule has 0 aliphatic carbocycles. The first-order chi connectivity index (χ1) is 5.25. The Morgan fingerprint density at radius 1 is 1.42 bits per heavy atom. The van der Waals surface area contributed by atoms with E-state index in [2.05, 4.69) is 0 Å². The Balaban J connectivity index is 0.00000121. The maximum atomic E-state index is 10.9. The number of methoxy groups -OCH3 is 1. The van der Waals surface area contributed by atoms with Crippen molar-refractivity contribution < 1.29 is 61.2 Å². The Morgan fingerprint density at radius 3 is 2.42 bits per heavy atom. The number of hydrogen-bond donors (Lipinski definition) is 0. The van der Waals surface area contributed by atoms with Crippen LogP contribution in [0.2, 0.25) is 0 Å². The Bertz CT molecular complexity index is 276. The molecule has 0 spiro atoms. The van der Waals surface area contributed by atoms with Crippen molar-refractivity contribution >= 4 is 25.6 Å². The van der Waals surface area contributed by atoms with E-state index in [1.54, 1.807) is 19.2 Å². The topological polar surface area (TPSA) is 32.3 Å². The molecule has 0 heterocycles. The van der Waals surface area contributed by atoms with Crippen LogP contribution in [0.5, 0.6) is 5.75 Å². The molecule has 2 nitrogen and oxygen atoms in total. The van der Waals surface area contributed by atoms with Gasteiger partial charge in [0.25, 0.3) is 0 Å². The van der Waals surface area contributed by atoms with Gasteiger partial charge in [0.15, 0.2) is 0 Å². The van der Waals surface area contributed by atoms with Gasteiger partial charge in [-0.1, -0.05) is 0 Å². The average molecular weight is 302 g/mol. The zero-order chi connectivity index (χ0) is 8.27. The van der Waals surface area contributed by atoms with Gasteiger partial charge in [0, 0.05) is 0 Å². The van der Waals surface area contributed by atoms with Gasteiger partial charge in [0.2, 0.25) is 0 Å². The van der Waals surface area contributed by atoms with E-state index in [4.69, 9.17) is 4.74 Å². The van der Waals surface area contributed by atoms with Gasteiger partial charge >= 0.3 is 129 Å². The molecule has 1 rings (SSSR count). The molecule has 4 heteroatoms. The third-order valence-corrected chi connectivity index (χ3v) is 1.95. The van der Waals surface area contributed by atoms with Crippen molar-refractivity contribution in [2.45, 2.75) is 0 Å². The van der Waals surface area contributed by atoms with E-state index in [1.807, 2.05) is 12.1 Å². The molecular weight excluding hydrogens is 295 g/mol. The average Bonchev–Trinajstić information content (AvgIpc) is 2.04. The zero-order valence-electron chi connectivity index (χ0n) is 7.03. The first-order valence-electron chi connectivity index (χ1n) is 3.10. The van der Waals surface area contributed by atoms with Gasteiger partial charge in [-0.25, -0.2) is 0 Å². The van der Waals surface area contributed by atoms with Crippen molar-refractivity contribution in [3.05, 3.63) is 29.8 Å². The number of benzene rings is 1. The Labute approximate surface area is 127 Å². The maximum Gasteiger partial charge on any atom is 1.00 e. The van der Waals surface area contributed by atoms with Gasteiger partial charge in [0.05, 0.1) is 0 Å². The smallest absolute Gasteiger partial charge is 1.00 e. The molecule has 0 amide bonds. The van der Waals surface area contributed by atoms with Crippen LogP contribution in [0.25, 0.3) is 0 Å². The minimum absolute atomic E-state index is 0. The van der Waals surface area contributed by atoms with E-state index in [-0.39, 0.29) is 55.1 Å². The normalized spacial score (nSPS) is 8.42. The molecule has 0 aliphatic heterocycles. The second kappa shape index (κ2) is 6.55. The molecule has 0 bridgehead atoms. The molecule has 12 heavy (non-hydrogen) atoms. The van der Waals surface area contributed by atoms with Gasteiger partial charge in [-0.3, -0.25) is 0 Å². The summed E-state index contributed by atoms with van der Waals surface area (Å²) >= 11 is 1.45. The standard InChI is InChI=1S/C8H8O2Te.K/c1-10-7-5-3-2-4-6(7)8(9)11;/h2-5H,1H3,(H,9,11);/q;+1/p-1. The van der Waals surface area contributed by atoms with Crippen LogP contribution in [0.3, 0.4) is 0 Å². The first kappa shape index (κ1) is 13.1. The van der Waals surface area contributed by atoms with Gasteiger partial charge in [-0.15, -0.1) is 0 Å². The minimum atomic E-state index is 0. The van der Waals surface area contributed by atoms with Crippen LogP contribution in [0.4, 0.5) is 0 Å². The predicted octanol–water partition coefficient (Wildman–Crippen LogP) is -3.29. The summed E-state index contributed by atoms with van der Waals surface area (Å²) in [6, 6.07) is 7.19. The van der Waals surface area contributed by atoms with E-state index >= 15 is 0 Å². The summed E-state index contributed by atoms with van der Waals surface area (Å²) in [7, 11) is 1.56. The molecule has 0 atom stereocenters. The molecule has 0 saturated heterocycles. The van der Waals surface area contributed by atoms with Gasteiger partial charge in [0.1, 0.15) is 0 Å². The molecule has 1 aromatic rings. The van der Waals surface area contributed by atoms with Crippen LogP contribution in [0.15, 0.2) is 24.3 Å². The second-order valence-corrected chi connectivity index (χ2v) is 3.05. The monoisotopic (exact) mass is 304 g/mol. The third-order valence-electron chi connectivity index (χ3n) is 1.33. The zero-order valence-corrected chi connectivity index (χ0v) is 12.5. The fraction of sp³-hybridized carbons (Fsp3) is 0.125. The number of para-hydroxylation sites is 1. The molecule has 0 unspecified atom stereocenters. The fourth-order valence-electron chi connectivity index (χ4n) is 0.813. The quantitative estimate of drug-likeness (QED) is 0.536. The number of rotatable bonds is 2. The fourth-order valence-corrected chi connectivity index (χ4v) is 1.29. The van der Waals surface area contributed by atoms with Crippen LogP contribution < -0.4 is 61.2 Å². The first-order valence-corrected chi connectivity index (χ1v) is 4.26. The Kier molecular flexibility index (Phi) is 7.16. The van der Waals surface area contributed by atoms with E-state index in [1.165, 1.54) is 21.8 Å². The third kappa shape index (κ3) is 3.47. The second-order valence-electron chi connectivity index (χ2n) is 1.99. The molecule has 0 fully saturated rings. The summed E-state index contributed by atoms with van der Waals surface area (Å²) in [6.45, 7) is 0. The summed E-state index contributed by atoms with van der Waals surface area (Å²) in [5.41, 5.74) is 0.639. The number of hydrogen-bond acceptors (Lipinski definition) is 2. The van der Waals surface area contributed by atoms with E-state index in [0.29, 0.717) is 11.3 Å². The molecule has 0 saturated carbocycles. The molecule has 0 N–H and O–H groups in total. The van der Waals surface area contributed by atoms with E-state index in [0.717, 1.165) is 0 Å². The van der Waals surface area contributed by atoms with Crippen LogP contribution >= 0.6 is 0 Å². The molecule has 0 aliphatic rings. The SMILES string of the molecule is COc1ccccc1C([O-])=[Te].[K+]. The van der Waals surface area contributed by atoms with Crippen molar-refractivity contribution in [2.24, 2.45) is 0 Å². The maximum absolute atomic E-state index is 10.9. The Morgan fingerprint density at radius 2 is 2.00 bits per heavy atom. The van der Waals surface area contributed by atoms with Crippen LogP contribution in [-0.2, 0) is 0 Å². The Hall–Kier alpha value is 1.12. The summed E-state index contributed by atoms with van der Waals surface area (Å²) in [5, 5.41) is 10.9. The summed E-state index contributed by atoms with van der Waals surface area (Å²) < 4.78 is 5.03. The van der Waals surface area contributed by atoms with E-state index < -0.39 is 0 Å². The van der Waals surface area contributed by atoms with Crippen LogP contribution in [-0.4, -0.2) is 32.7 Å². The van der Waals surface area contributed by atoms with Gasteiger partial charge < -0.3 is 0 Å². The molecule has 58 valence electrons. The van der Waals surface area contributed by atoms with Crippen molar-refractivity contribution in [2.75, 3.05) is 7.11 Å². The van der Waals surface area contributed by atoms with Crippen molar-refractivity contribution in [3.8, 4) is 5.75 Å². The molecule has 0 radical (unpaired) electrons. The van der Waals surface area contributed by atoms with Crippen molar-refractivity contribution in [3.63, 3.8) is 0 Å². The van der Waals surface area contributed by atoms with Crippen LogP contribution in [0, 0.1) is 0 Å². The van der Waals surface area contributed by atoms with Gasteiger partial charge in [-0.05, 0) is 0 Å². The molecular formula is C8H7KO2Te. The summed E-state index contributed by atoms with van der Waals surface area (Å²) in [5.74, 6) is 0.641. The minimum Gasteiger partial charge on any atom is 1.00 e. The van der Waals surface area contributed by atoms with Crippen LogP contribution in [0.1, 0.15) is 5.56 Å². The number of ether oxygens (including phenoxy) is 1. The van der Waals surface area contributed by atoms with Crippen molar-refractivity contribution in [1.82, 2.24) is 0 Å². The van der Waals surface area contributed by atoms with E-state index in [9.17, 15) is 5.11 Å². The van der Waals surface area contributed by atoms with Gasteiger partial charge in [-0.2, -0.15) is 0 Å². The molecule has 0 aromatic heterocycles.